The summed E-state index contributed by atoms with van der Waals surface area (Å²) in [4.78, 5) is 30.7. The number of carbonyl (C=O) groups is 2. The van der Waals surface area contributed by atoms with Gasteiger partial charge in [0.05, 0.1) is 5.56 Å². The average molecular weight is 301 g/mol. The number of carbonyl (C=O) groups excluding carboxylic acids is 2. The zero-order valence-corrected chi connectivity index (χ0v) is 12.0. The summed E-state index contributed by atoms with van der Waals surface area (Å²) in [5.74, 6) is -0.667. The van der Waals surface area contributed by atoms with Crippen molar-refractivity contribution in [1.29, 1.82) is 0 Å². The van der Waals surface area contributed by atoms with Crippen LogP contribution in [-0.2, 0) is 0 Å². The number of hydrogen-bond acceptors (Lipinski definition) is 2. The van der Waals surface area contributed by atoms with Crippen molar-refractivity contribution in [3.8, 4) is 0 Å². The maximum Gasteiger partial charge on any atom is 0.255 e. The van der Waals surface area contributed by atoms with E-state index in [-0.39, 0.29) is 11.8 Å². The molecule has 0 atom stereocenters. The zero-order chi connectivity index (χ0) is 15.5. The fourth-order valence-corrected chi connectivity index (χ4v) is 2.56. The first-order valence-electron chi connectivity index (χ1n) is 7.12. The second kappa shape index (κ2) is 6.01. The predicted molar refractivity (Wildman–Crippen MR) is 79.0 cm³/mol. The Morgan fingerprint density at radius 1 is 0.955 bits per heavy atom. The SMILES string of the molecule is O=C(c1cc[nH]c1)N1CCN(C(=O)c2cccc(F)c2)CC1. The summed E-state index contributed by atoms with van der Waals surface area (Å²) >= 11 is 0. The number of aromatic amines is 1. The van der Waals surface area contributed by atoms with Crippen LogP contribution in [0.5, 0.6) is 0 Å². The van der Waals surface area contributed by atoms with Gasteiger partial charge < -0.3 is 14.8 Å². The van der Waals surface area contributed by atoms with E-state index in [0.717, 1.165) is 0 Å². The molecule has 2 amide bonds. The van der Waals surface area contributed by atoms with Crippen LogP contribution < -0.4 is 0 Å². The third-order valence-corrected chi connectivity index (χ3v) is 3.77. The highest BCUT2D eigenvalue weighted by molar-refractivity contribution is 5.95. The second-order valence-corrected chi connectivity index (χ2v) is 5.19. The van der Waals surface area contributed by atoms with Crippen molar-refractivity contribution in [3.63, 3.8) is 0 Å². The van der Waals surface area contributed by atoms with Crippen molar-refractivity contribution in [2.45, 2.75) is 0 Å². The Bertz CT molecular complexity index is 676. The van der Waals surface area contributed by atoms with Gasteiger partial charge in [0.25, 0.3) is 11.8 Å². The number of H-pyrrole nitrogens is 1. The summed E-state index contributed by atoms with van der Waals surface area (Å²) in [5, 5.41) is 0. The quantitative estimate of drug-likeness (QED) is 0.919. The van der Waals surface area contributed by atoms with Gasteiger partial charge in [-0.2, -0.15) is 0 Å². The summed E-state index contributed by atoms with van der Waals surface area (Å²) in [5.41, 5.74) is 0.954. The van der Waals surface area contributed by atoms with E-state index in [9.17, 15) is 14.0 Å². The van der Waals surface area contributed by atoms with E-state index < -0.39 is 5.82 Å². The number of benzene rings is 1. The summed E-state index contributed by atoms with van der Waals surface area (Å²) in [7, 11) is 0. The van der Waals surface area contributed by atoms with Crippen LogP contribution in [-0.4, -0.2) is 52.8 Å². The number of nitrogens with one attached hydrogen (secondary N) is 1. The molecule has 0 aliphatic carbocycles. The molecular weight excluding hydrogens is 285 g/mol. The van der Waals surface area contributed by atoms with Crippen LogP contribution in [0.2, 0.25) is 0 Å². The van der Waals surface area contributed by atoms with Gasteiger partial charge in [-0.1, -0.05) is 6.07 Å². The Morgan fingerprint density at radius 3 is 2.14 bits per heavy atom. The fourth-order valence-electron chi connectivity index (χ4n) is 2.56. The van der Waals surface area contributed by atoms with Gasteiger partial charge in [0.15, 0.2) is 0 Å². The lowest BCUT2D eigenvalue weighted by Gasteiger charge is -2.34. The molecule has 0 saturated carbocycles. The number of nitrogens with zero attached hydrogens (tertiary/aromatic N) is 2. The molecule has 1 N–H and O–H groups in total. The van der Waals surface area contributed by atoms with Crippen LogP contribution in [0.4, 0.5) is 4.39 Å². The largest absolute Gasteiger partial charge is 0.367 e. The highest BCUT2D eigenvalue weighted by atomic mass is 19.1. The van der Waals surface area contributed by atoms with Crippen LogP contribution in [0.3, 0.4) is 0 Å². The highest BCUT2D eigenvalue weighted by Crippen LogP contribution is 2.12. The summed E-state index contributed by atoms with van der Waals surface area (Å²) in [6, 6.07) is 7.40. The Morgan fingerprint density at radius 2 is 1.59 bits per heavy atom. The molecule has 0 radical (unpaired) electrons. The second-order valence-electron chi connectivity index (χ2n) is 5.19. The molecule has 1 saturated heterocycles. The fraction of sp³-hybridized carbons (Fsp3) is 0.250. The van der Waals surface area contributed by atoms with Crippen LogP contribution in [0.25, 0.3) is 0 Å². The van der Waals surface area contributed by atoms with Crippen LogP contribution in [0.15, 0.2) is 42.7 Å². The molecule has 6 heteroatoms. The Hall–Kier alpha value is -2.63. The number of hydrogen-bond donors (Lipinski definition) is 1. The van der Waals surface area contributed by atoms with Gasteiger partial charge >= 0.3 is 0 Å². The molecule has 0 unspecified atom stereocenters. The molecule has 1 aliphatic rings. The Kier molecular flexibility index (Phi) is 3.91. The monoisotopic (exact) mass is 301 g/mol. The minimum absolute atomic E-state index is 0.0425. The number of rotatable bonds is 2. The minimum atomic E-state index is -0.424. The van der Waals surface area contributed by atoms with E-state index >= 15 is 0 Å². The lowest BCUT2D eigenvalue weighted by atomic mass is 10.1. The van der Waals surface area contributed by atoms with Gasteiger partial charge in [-0.3, -0.25) is 9.59 Å². The lowest BCUT2D eigenvalue weighted by molar-refractivity contribution is 0.0535. The molecule has 0 bridgehead atoms. The third-order valence-electron chi connectivity index (χ3n) is 3.77. The first-order chi connectivity index (χ1) is 10.6. The van der Waals surface area contributed by atoms with Crippen molar-refractivity contribution in [2.24, 2.45) is 0 Å². The molecular formula is C16H16FN3O2. The third kappa shape index (κ3) is 2.86. The summed E-state index contributed by atoms with van der Waals surface area (Å²) in [6.45, 7) is 1.85. The molecule has 0 spiro atoms. The Balaban J connectivity index is 1.62. The number of piperazine rings is 1. The minimum Gasteiger partial charge on any atom is -0.367 e. The number of halogens is 1. The van der Waals surface area contributed by atoms with E-state index in [1.165, 1.54) is 18.2 Å². The zero-order valence-electron chi connectivity index (χ0n) is 12.0. The summed E-state index contributed by atoms with van der Waals surface area (Å²) in [6.07, 6.45) is 3.36. The van der Waals surface area contributed by atoms with Gasteiger partial charge in [-0.05, 0) is 24.3 Å². The molecule has 5 nitrogen and oxygen atoms in total. The normalized spacial score (nSPS) is 15.0. The van der Waals surface area contributed by atoms with Crippen molar-refractivity contribution < 1.29 is 14.0 Å². The molecule has 1 aromatic heterocycles. The van der Waals surface area contributed by atoms with Gasteiger partial charge in [-0.15, -0.1) is 0 Å². The van der Waals surface area contributed by atoms with E-state index in [1.807, 2.05) is 0 Å². The molecule has 2 aromatic rings. The standard InChI is InChI=1S/C16H16FN3O2/c17-14-3-1-2-12(10-14)15(21)19-6-8-20(9-7-19)16(22)13-4-5-18-11-13/h1-5,10-11,18H,6-9H2. The molecule has 22 heavy (non-hydrogen) atoms. The average Bonchev–Trinajstić information content (AvgIpc) is 3.08. The molecule has 1 aromatic carbocycles. The van der Waals surface area contributed by atoms with Gasteiger partial charge in [0.1, 0.15) is 5.82 Å². The van der Waals surface area contributed by atoms with E-state index in [1.54, 1.807) is 34.3 Å². The first-order valence-corrected chi connectivity index (χ1v) is 7.12. The number of amides is 2. The molecule has 1 fully saturated rings. The van der Waals surface area contributed by atoms with Crippen molar-refractivity contribution in [2.75, 3.05) is 26.2 Å². The van der Waals surface area contributed by atoms with Gasteiger partial charge in [0, 0.05) is 44.1 Å². The number of aromatic nitrogens is 1. The van der Waals surface area contributed by atoms with Gasteiger partial charge in [0.2, 0.25) is 0 Å². The smallest absolute Gasteiger partial charge is 0.255 e. The van der Waals surface area contributed by atoms with Crippen LogP contribution in [0, 0.1) is 5.82 Å². The molecule has 1 aliphatic heterocycles. The van der Waals surface area contributed by atoms with Gasteiger partial charge in [-0.25, -0.2) is 4.39 Å². The van der Waals surface area contributed by atoms with Crippen molar-refractivity contribution in [1.82, 2.24) is 14.8 Å². The van der Waals surface area contributed by atoms with E-state index in [0.29, 0.717) is 37.3 Å². The molecule has 2 heterocycles. The molecule has 114 valence electrons. The van der Waals surface area contributed by atoms with Crippen molar-refractivity contribution in [3.05, 3.63) is 59.7 Å². The topological polar surface area (TPSA) is 56.4 Å². The molecule has 3 rings (SSSR count). The lowest BCUT2D eigenvalue weighted by Crippen LogP contribution is -2.50. The van der Waals surface area contributed by atoms with Crippen LogP contribution >= 0.6 is 0 Å². The predicted octanol–water partition coefficient (Wildman–Crippen LogP) is 1.75. The maximum absolute atomic E-state index is 13.2. The van der Waals surface area contributed by atoms with Crippen molar-refractivity contribution >= 4 is 11.8 Å². The van der Waals surface area contributed by atoms with Crippen LogP contribution in [0.1, 0.15) is 20.7 Å². The first kappa shape index (κ1) is 14.3. The van der Waals surface area contributed by atoms with E-state index in [4.69, 9.17) is 0 Å². The van der Waals surface area contributed by atoms with E-state index in [2.05, 4.69) is 4.98 Å². The maximum atomic E-state index is 13.2. The Labute approximate surface area is 127 Å². The summed E-state index contributed by atoms with van der Waals surface area (Å²) < 4.78 is 13.2. The highest BCUT2D eigenvalue weighted by Gasteiger charge is 2.25.